The van der Waals surface area contributed by atoms with Gasteiger partial charge in [-0.05, 0) is 42.8 Å². The molecule has 3 heterocycles. The highest BCUT2D eigenvalue weighted by molar-refractivity contribution is 7.15. The van der Waals surface area contributed by atoms with E-state index >= 15 is 0 Å². The van der Waals surface area contributed by atoms with Gasteiger partial charge in [-0.3, -0.25) is 14.5 Å². The zero-order valence-electron chi connectivity index (χ0n) is 14.8. The second-order valence-electron chi connectivity index (χ2n) is 6.55. The van der Waals surface area contributed by atoms with E-state index in [1.807, 2.05) is 0 Å². The van der Waals surface area contributed by atoms with Crippen LogP contribution in [0.2, 0.25) is 10.0 Å². The predicted octanol–water partition coefficient (Wildman–Crippen LogP) is 5.01. The number of aryl methyl sites for hydroxylation is 1. The Morgan fingerprint density at radius 2 is 1.76 bits per heavy atom. The van der Waals surface area contributed by atoms with Crippen LogP contribution in [0, 0.1) is 6.92 Å². The SMILES string of the molecule is Cc1nnc(N2C(=O)c3oc4ccc(Cl)cc4c(=O)c3C2c2ccc(Cl)cc2)s1. The molecule has 1 atom stereocenters. The zero-order chi connectivity index (χ0) is 20.3. The predicted molar refractivity (Wildman–Crippen MR) is 112 cm³/mol. The summed E-state index contributed by atoms with van der Waals surface area (Å²) in [6.45, 7) is 1.80. The quantitative estimate of drug-likeness (QED) is 0.435. The summed E-state index contributed by atoms with van der Waals surface area (Å²) in [6, 6.07) is 11.0. The number of anilines is 1. The highest BCUT2D eigenvalue weighted by Gasteiger charge is 2.45. The summed E-state index contributed by atoms with van der Waals surface area (Å²) in [6.07, 6.45) is 0. The maximum Gasteiger partial charge on any atom is 0.297 e. The fourth-order valence-corrected chi connectivity index (χ4v) is 4.50. The van der Waals surface area contributed by atoms with Crippen LogP contribution < -0.4 is 10.3 Å². The Bertz CT molecular complexity index is 1350. The lowest BCUT2D eigenvalue weighted by atomic mass is 9.99. The van der Waals surface area contributed by atoms with E-state index in [0.717, 1.165) is 0 Å². The zero-order valence-corrected chi connectivity index (χ0v) is 17.2. The molecule has 1 aliphatic rings. The smallest absolute Gasteiger partial charge is 0.297 e. The van der Waals surface area contributed by atoms with Crippen molar-refractivity contribution in [3.05, 3.63) is 84.6 Å². The van der Waals surface area contributed by atoms with Crippen LogP contribution >= 0.6 is 34.5 Å². The Hall–Kier alpha value is -2.74. The Balaban J connectivity index is 1.83. The normalized spacial score (nSPS) is 15.9. The molecule has 0 radical (unpaired) electrons. The monoisotopic (exact) mass is 443 g/mol. The molecule has 0 aliphatic carbocycles. The molecule has 0 spiro atoms. The first-order valence-electron chi connectivity index (χ1n) is 8.59. The van der Waals surface area contributed by atoms with Crippen LogP contribution in [0.15, 0.2) is 51.7 Å². The van der Waals surface area contributed by atoms with Crippen LogP contribution in [-0.2, 0) is 0 Å². The molecule has 4 aromatic rings. The van der Waals surface area contributed by atoms with Gasteiger partial charge in [0.1, 0.15) is 10.6 Å². The number of nitrogens with zero attached hydrogens (tertiary/aromatic N) is 3. The van der Waals surface area contributed by atoms with Gasteiger partial charge in [-0.25, -0.2) is 0 Å². The molecule has 9 heteroatoms. The van der Waals surface area contributed by atoms with Crippen LogP contribution in [0.5, 0.6) is 0 Å². The molecule has 0 saturated carbocycles. The van der Waals surface area contributed by atoms with Crippen molar-refractivity contribution in [3.8, 4) is 0 Å². The van der Waals surface area contributed by atoms with Crippen molar-refractivity contribution in [2.45, 2.75) is 13.0 Å². The van der Waals surface area contributed by atoms with Crippen molar-refractivity contribution < 1.29 is 9.21 Å². The van der Waals surface area contributed by atoms with E-state index < -0.39 is 11.9 Å². The first-order valence-corrected chi connectivity index (χ1v) is 10.2. The summed E-state index contributed by atoms with van der Waals surface area (Å²) in [4.78, 5) is 28.1. The average Bonchev–Trinajstić information content (AvgIpc) is 3.25. The fourth-order valence-electron chi connectivity index (χ4n) is 3.49. The van der Waals surface area contributed by atoms with Crippen LogP contribution in [-0.4, -0.2) is 16.1 Å². The minimum atomic E-state index is -0.707. The number of carbonyl (C=O) groups is 1. The van der Waals surface area contributed by atoms with Gasteiger partial charge in [-0.15, -0.1) is 10.2 Å². The maximum atomic E-state index is 13.4. The summed E-state index contributed by atoms with van der Waals surface area (Å²) in [7, 11) is 0. The van der Waals surface area contributed by atoms with Gasteiger partial charge in [0.2, 0.25) is 10.9 Å². The number of rotatable bonds is 2. The molecule has 29 heavy (non-hydrogen) atoms. The first-order chi connectivity index (χ1) is 13.9. The van der Waals surface area contributed by atoms with Gasteiger partial charge in [0, 0.05) is 10.0 Å². The van der Waals surface area contributed by atoms with Crippen molar-refractivity contribution >= 4 is 56.5 Å². The summed E-state index contributed by atoms with van der Waals surface area (Å²) < 4.78 is 5.87. The Kier molecular flexibility index (Phi) is 4.20. The number of hydrogen-bond acceptors (Lipinski definition) is 6. The lowest BCUT2D eigenvalue weighted by molar-refractivity contribution is 0.0970. The summed E-state index contributed by atoms with van der Waals surface area (Å²) in [5.74, 6) is -0.442. The Morgan fingerprint density at radius 1 is 1.03 bits per heavy atom. The molecule has 1 aliphatic heterocycles. The highest BCUT2D eigenvalue weighted by Crippen LogP contribution is 2.42. The van der Waals surface area contributed by atoms with Gasteiger partial charge in [0.05, 0.1) is 17.0 Å². The largest absolute Gasteiger partial charge is 0.450 e. The van der Waals surface area contributed by atoms with Crippen molar-refractivity contribution in [1.29, 1.82) is 0 Å². The van der Waals surface area contributed by atoms with Gasteiger partial charge in [-0.2, -0.15) is 0 Å². The third-order valence-corrected chi connectivity index (χ3v) is 6.06. The molecule has 5 rings (SSSR count). The Labute approximate surface area is 178 Å². The molecular formula is C20H11Cl2N3O3S. The van der Waals surface area contributed by atoms with Crippen molar-refractivity contribution in [1.82, 2.24) is 10.2 Å². The number of aromatic nitrogens is 2. The molecule has 2 aromatic heterocycles. The highest BCUT2D eigenvalue weighted by atomic mass is 35.5. The summed E-state index contributed by atoms with van der Waals surface area (Å²) >= 11 is 13.4. The van der Waals surface area contributed by atoms with E-state index in [1.165, 1.54) is 16.2 Å². The average molecular weight is 444 g/mol. The van der Waals surface area contributed by atoms with E-state index in [0.29, 0.717) is 36.7 Å². The molecule has 1 amide bonds. The Morgan fingerprint density at radius 3 is 2.45 bits per heavy atom. The number of fused-ring (bicyclic) bond motifs is 2. The van der Waals surface area contributed by atoms with Gasteiger partial charge >= 0.3 is 0 Å². The number of halogens is 2. The van der Waals surface area contributed by atoms with Crippen LogP contribution in [0.4, 0.5) is 5.13 Å². The molecule has 2 aromatic carbocycles. The maximum absolute atomic E-state index is 13.4. The minimum absolute atomic E-state index is 0.00220. The van der Waals surface area contributed by atoms with Crippen molar-refractivity contribution in [2.75, 3.05) is 4.90 Å². The molecule has 6 nitrogen and oxygen atoms in total. The first kappa shape index (κ1) is 18.3. The second kappa shape index (κ2) is 6.66. The third kappa shape index (κ3) is 2.85. The number of carbonyl (C=O) groups excluding carboxylic acids is 1. The van der Waals surface area contributed by atoms with E-state index in [2.05, 4.69) is 10.2 Å². The topological polar surface area (TPSA) is 76.3 Å². The van der Waals surface area contributed by atoms with Crippen molar-refractivity contribution in [2.24, 2.45) is 0 Å². The van der Waals surface area contributed by atoms with Crippen LogP contribution in [0.3, 0.4) is 0 Å². The van der Waals surface area contributed by atoms with Crippen LogP contribution in [0.25, 0.3) is 11.0 Å². The van der Waals surface area contributed by atoms with E-state index in [9.17, 15) is 9.59 Å². The molecule has 0 N–H and O–H groups in total. The van der Waals surface area contributed by atoms with E-state index in [-0.39, 0.29) is 16.8 Å². The standard InChI is InChI=1S/C20H11Cl2N3O3S/c1-9-23-24-20(29-9)25-16(10-2-4-11(21)5-3-10)15-17(26)13-8-12(22)6-7-14(13)28-18(15)19(25)27/h2-8,16H,1H3. The third-order valence-electron chi connectivity index (χ3n) is 4.74. The molecule has 0 saturated heterocycles. The van der Waals surface area contributed by atoms with E-state index in [1.54, 1.807) is 49.4 Å². The molecule has 1 unspecified atom stereocenters. The van der Waals surface area contributed by atoms with Gasteiger partial charge < -0.3 is 4.42 Å². The van der Waals surface area contributed by atoms with Gasteiger partial charge in [-0.1, -0.05) is 46.7 Å². The minimum Gasteiger partial charge on any atom is -0.450 e. The van der Waals surface area contributed by atoms with Gasteiger partial charge in [0.25, 0.3) is 5.91 Å². The molecule has 0 bridgehead atoms. The fraction of sp³-hybridized carbons (Fsp3) is 0.100. The van der Waals surface area contributed by atoms with Gasteiger partial charge in [0.15, 0.2) is 5.43 Å². The summed E-state index contributed by atoms with van der Waals surface area (Å²) in [5.41, 5.74) is 0.959. The second-order valence-corrected chi connectivity index (χ2v) is 8.58. The summed E-state index contributed by atoms with van der Waals surface area (Å²) in [5, 5.41) is 10.5. The number of benzene rings is 2. The van der Waals surface area contributed by atoms with Crippen molar-refractivity contribution in [3.63, 3.8) is 0 Å². The van der Waals surface area contributed by atoms with E-state index in [4.69, 9.17) is 27.6 Å². The molecular weight excluding hydrogens is 433 g/mol. The molecule has 0 fully saturated rings. The number of hydrogen-bond donors (Lipinski definition) is 0. The lowest BCUT2D eigenvalue weighted by Crippen LogP contribution is -2.29. The number of amides is 1. The lowest BCUT2D eigenvalue weighted by Gasteiger charge is -2.22. The molecule has 144 valence electrons. The van der Waals surface area contributed by atoms with Crippen LogP contribution in [0.1, 0.15) is 32.7 Å².